The SMILES string of the molecule is CC[C@@]1(O)C(=O)OCc2c1cc1n(c2=S)Cc2c-1nc1cc(F)c(C)cc1c2CCCOCNC(=O)[C@H](C)NC(=O)[C@@H](N)C(C)C. The third kappa shape index (κ3) is 6.04. The molecule has 0 saturated heterocycles. The van der Waals surface area contributed by atoms with Crippen molar-refractivity contribution in [2.75, 3.05) is 13.3 Å². The Morgan fingerprint density at radius 2 is 1.98 bits per heavy atom. The summed E-state index contributed by atoms with van der Waals surface area (Å²) in [4.78, 5) is 42.0. The van der Waals surface area contributed by atoms with Gasteiger partial charge < -0.3 is 35.5 Å². The van der Waals surface area contributed by atoms with Gasteiger partial charge in [0.25, 0.3) is 0 Å². The van der Waals surface area contributed by atoms with E-state index in [1.54, 1.807) is 32.9 Å². The van der Waals surface area contributed by atoms with Crippen LogP contribution in [-0.4, -0.2) is 57.9 Å². The summed E-state index contributed by atoms with van der Waals surface area (Å²) in [5.74, 6) is -1.92. The van der Waals surface area contributed by atoms with Gasteiger partial charge in [0, 0.05) is 34.7 Å². The Morgan fingerprint density at radius 1 is 1.24 bits per heavy atom. The molecule has 1 aromatic carbocycles. The first-order valence-electron chi connectivity index (χ1n) is 15.5. The number of esters is 1. The lowest BCUT2D eigenvalue weighted by molar-refractivity contribution is -0.172. The van der Waals surface area contributed by atoms with Crippen molar-refractivity contribution in [2.45, 2.75) is 84.7 Å². The van der Waals surface area contributed by atoms with Crippen LogP contribution >= 0.6 is 12.2 Å². The zero-order valence-electron chi connectivity index (χ0n) is 26.7. The number of halogens is 1. The molecular weight excluding hydrogens is 613 g/mol. The maximum atomic E-state index is 14.7. The second-order valence-corrected chi connectivity index (χ2v) is 12.7. The molecule has 0 unspecified atom stereocenters. The van der Waals surface area contributed by atoms with E-state index in [2.05, 4.69) is 10.6 Å². The van der Waals surface area contributed by atoms with Crippen LogP contribution in [0.3, 0.4) is 0 Å². The van der Waals surface area contributed by atoms with E-state index in [4.69, 9.17) is 32.4 Å². The topological polar surface area (TPSA) is 158 Å². The van der Waals surface area contributed by atoms with Gasteiger partial charge in [0.2, 0.25) is 11.8 Å². The number of nitrogens with zero attached hydrogens (tertiary/aromatic N) is 2. The van der Waals surface area contributed by atoms with E-state index in [-0.39, 0.29) is 37.4 Å². The quantitative estimate of drug-likeness (QED) is 0.0824. The molecule has 0 fully saturated rings. The third-order valence-corrected chi connectivity index (χ3v) is 9.39. The Balaban J connectivity index is 1.34. The minimum absolute atomic E-state index is 0.0247. The maximum absolute atomic E-state index is 14.7. The molecule has 3 aromatic rings. The zero-order valence-corrected chi connectivity index (χ0v) is 27.5. The first kappa shape index (κ1) is 33.6. The summed E-state index contributed by atoms with van der Waals surface area (Å²) in [7, 11) is 0. The average Bonchev–Trinajstić information content (AvgIpc) is 3.39. The second kappa shape index (κ2) is 13.1. The van der Waals surface area contributed by atoms with E-state index in [1.807, 2.05) is 18.4 Å². The molecule has 0 spiro atoms. The van der Waals surface area contributed by atoms with Gasteiger partial charge in [0.05, 0.1) is 29.5 Å². The molecule has 4 heterocycles. The van der Waals surface area contributed by atoms with E-state index < -0.39 is 29.6 Å². The first-order chi connectivity index (χ1) is 21.8. The summed E-state index contributed by atoms with van der Waals surface area (Å²) in [6.07, 6.45) is 1.27. The van der Waals surface area contributed by atoms with Crippen LogP contribution in [-0.2, 0) is 49.0 Å². The minimum atomic E-state index is -1.82. The fourth-order valence-electron chi connectivity index (χ4n) is 5.95. The van der Waals surface area contributed by atoms with Crippen LogP contribution in [0.1, 0.15) is 68.4 Å². The monoisotopic (exact) mass is 653 g/mol. The lowest BCUT2D eigenvalue weighted by Crippen LogP contribution is -2.51. The van der Waals surface area contributed by atoms with Crippen LogP contribution in [0.5, 0.6) is 0 Å². The van der Waals surface area contributed by atoms with Gasteiger partial charge in [-0.25, -0.2) is 14.2 Å². The van der Waals surface area contributed by atoms with Gasteiger partial charge in [-0.3, -0.25) is 9.59 Å². The molecule has 5 rings (SSSR count). The van der Waals surface area contributed by atoms with Crippen LogP contribution in [0.2, 0.25) is 0 Å². The van der Waals surface area contributed by atoms with Crippen molar-refractivity contribution in [2.24, 2.45) is 11.7 Å². The van der Waals surface area contributed by atoms with Gasteiger partial charge >= 0.3 is 5.97 Å². The van der Waals surface area contributed by atoms with Gasteiger partial charge in [-0.05, 0) is 62.3 Å². The highest BCUT2D eigenvalue weighted by molar-refractivity contribution is 7.71. The van der Waals surface area contributed by atoms with E-state index in [0.29, 0.717) is 64.2 Å². The molecule has 11 nitrogen and oxygen atoms in total. The Bertz CT molecular complexity index is 1790. The maximum Gasteiger partial charge on any atom is 0.343 e. The standard InChI is InChI=1S/C33H40FN5O6S/c1-6-33(43)23-11-26-28-21(13-39(26)31(46)22(23)14-45-32(33)42)19(20-10-17(4)24(34)12-25(20)38-28)8-7-9-44-15-36-29(40)18(5)37-30(41)27(35)16(2)3/h10-12,16,18,27,43H,6-9,13-15,35H2,1-5H3,(H,36,40)(H,37,41)/t18-,27-,33-/m0/s1. The van der Waals surface area contributed by atoms with Gasteiger partial charge in [-0.15, -0.1) is 0 Å². The second-order valence-electron chi connectivity index (χ2n) is 12.3. The summed E-state index contributed by atoms with van der Waals surface area (Å²) in [5, 5.41) is 17.4. The summed E-state index contributed by atoms with van der Waals surface area (Å²) >= 11 is 5.84. The molecule has 5 N–H and O–H groups in total. The van der Waals surface area contributed by atoms with Crippen LogP contribution in [0.15, 0.2) is 18.2 Å². The number of nitrogens with one attached hydrogen (secondary N) is 2. The number of aromatic nitrogens is 2. The normalized spacial score (nSPS) is 18.1. The van der Waals surface area contributed by atoms with E-state index in [0.717, 1.165) is 16.5 Å². The van der Waals surface area contributed by atoms with Crippen molar-refractivity contribution < 1.29 is 33.4 Å². The zero-order chi connectivity index (χ0) is 33.5. The van der Waals surface area contributed by atoms with Gasteiger partial charge in [0.1, 0.15) is 29.8 Å². The van der Waals surface area contributed by atoms with Crippen molar-refractivity contribution >= 4 is 40.9 Å². The summed E-state index contributed by atoms with van der Waals surface area (Å²) in [6.45, 7) is 9.33. The number of fused-ring (bicyclic) bond motifs is 5. The molecule has 2 aromatic heterocycles. The molecule has 2 aliphatic rings. The smallest absolute Gasteiger partial charge is 0.343 e. The predicted octanol–water partition coefficient (Wildman–Crippen LogP) is 3.41. The number of carbonyl (C=O) groups is 3. The molecule has 2 amide bonds. The number of pyridine rings is 2. The summed E-state index contributed by atoms with van der Waals surface area (Å²) in [6, 6.07) is 3.51. The number of rotatable bonds is 11. The lowest BCUT2D eigenvalue weighted by atomic mass is 9.86. The molecule has 0 bridgehead atoms. The van der Waals surface area contributed by atoms with Crippen molar-refractivity contribution in [3.05, 3.63) is 56.5 Å². The molecule has 0 aliphatic carbocycles. The molecule has 46 heavy (non-hydrogen) atoms. The predicted molar refractivity (Wildman–Crippen MR) is 171 cm³/mol. The van der Waals surface area contributed by atoms with E-state index in [1.165, 1.54) is 6.07 Å². The molecule has 3 atom stereocenters. The molecule has 0 saturated carbocycles. The fourth-order valence-corrected chi connectivity index (χ4v) is 6.29. The first-order valence-corrected chi connectivity index (χ1v) is 15.9. The molecule has 0 radical (unpaired) electrons. The molecule has 13 heteroatoms. The number of benzene rings is 1. The number of aliphatic hydroxyl groups is 1. The van der Waals surface area contributed by atoms with Gasteiger partial charge in [0.15, 0.2) is 5.60 Å². The fraction of sp³-hybridized carbons (Fsp3) is 0.485. The van der Waals surface area contributed by atoms with Crippen molar-refractivity contribution in [3.63, 3.8) is 0 Å². The number of hydrogen-bond acceptors (Lipinski definition) is 9. The Hall–Kier alpha value is -3.78. The Labute approximate surface area is 271 Å². The van der Waals surface area contributed by atoms with Gasteiger partial charge in [-0.2, -0.15) is 0 Å². The molecule has 246 valence electrons. The largest absolute Gasteiger partial charge is 0.458 e. The Kier molecular flexibility index (Phi) is 9.60. The number of hydrogen-bond donors (Lipinski definition) is 4. The Morgan fingerprint density at radius 3 is 2.67 bits per heavy atom. The van der Waals surface area contributed by atoms with E-state index >= 15 is 0 Å². The highest BCUT2D eigenvalue weighted by atomic mass is 32.1. The number of cyclic esters (lactones) is 1. The van der Waals surface area contributed by atoms with Crippen molar-refractivity contribution in [3.8, 4) is 11.4 Å². The molecular formula is C33H40FN5O6S. The van der Waals surface area contributed by atoms with E-state index in [9.17, 15) is 23.9 Å². The number of ether oxygens (including phenoxy) is 2. The summed E-state index contributed by atoms with van der Waals surface area (Å²) in [5.41, 5.74) is 9.20. The lowest BCUT2D eigenvalue weighted by Gasteiger charge is -2.32. The van der Waals surface area contributed by atoms with Crippen LogP contribution in [0.4, 0.5) is 4.39 Å². The highest BCUT2D eigenvalue weighted by Crippen LogP contribution is 2.42. The number of amides is 2. The highest BCUT2D eigenvalue weighted by Gasteiger charge is 2.45. The molecule has 2 aliphatic heterocycles. The van der Waals surface area contributed by atoms with Crippen molar-refractivity contribution in [1.82, 2.24) is 20.2 Å². The van der Waals surface area contributed by atoms with Crippen LogP contribution in [0.25, 0.3) is 22.3 Å². The number of aryl methyl sites for hydroxylation is 2. The third-order valence-electron chi connectivity index (χ3n) is 8.92. The van der Waals surface area contributed by atoms with Crippen molar-refractivity contribution in [1.29, 1.82) is 0 Å². The van der Waals surface area contributed by atoms with Gasteiger partial charge in [-0.1, -0.05) is 33.0 Å². The average molecular weight is 654 g/mol. The minimum Gasteiger partial charge on any atom is -0.458 e. The summed E-state index contributed by atoms with van der Waals surface area (Å²) < 4.78 is 28.1. The number of carbonyl (C=O) groups excluding carboxylic acids is 3. The van der Waals surface area contributed by atoms with Crippen LogP contribution < -0.4 is 16.4 Å². The van der Waals surface area contributed by atoms with Crippen LogP contribution in [0, 0.1) is 23.3 Å². The number of nitrogens with two attached hydrogens (primary N) is 1.